The molecule has 0 spiro atoms. The van der Waals surface area contributed by atoms with Gasteiger partial charge in [0, 0.05) is 35.3 Å². The summed E-state index contributed by atoms with van der Waals surface area (Å²) in [6.45, 7) is 0. The van der Waals surface area contributed by atoms with Gasteiger partial charge in [0.2, 0.25) is 0 Å². The fourth-order valence-corrected chi connectivity index (χ4v) is 3.84. The Balaban J connectivity index is 1.34. The quantitative estimate of drug-likeness (QED) is 0.214. The largest absolute Gasteiger partial charge is 0.416 e. The minimum absolute atomic E-state index is 0.00107. The van der Waals surface area contributed by atoms with Gasteiger partial charge < -0.3 is 16.0 Å². The number of rotatable bonds is 5. The number of aromatic nitrogens is 3. The Morgan fingerprint density at radius 1 is 0.850 bits per heavy atom. The van der Waals surface area contributed by atoms with E-state index in [-0.39, 0.29) is 22.7 Å². The summed E-state index contributed by atoms with van der Waals surface area (Å²) in [5.74, 6) is -2.30. The maximum absolute atomic E-state index is 13.9. The van der Waals surface area contributed by atoms with Crippen LogP contribution in [0.3, 0.4) is 0 Å². The number of amides is 3. The third-order valence-corrected chi connectivity index (χ3v) is 5.73. The average Bonchev–Trinajstić information content (AvgIpc) is 3.35. The van der Waals surface area contributed by atoms with Crippen LogP contribution in [-0.4, -0.2) is 26.3 Å². The van der Waals surface area contributed by atoms with E-state index in [1.165, 1.54) is 12.4 Å². The highest BCUT2D eigenvalue weighted by molar-refractivity contribution is 6.05. The Bertz CT molecular complexity index is 1730. The van der Waals surface area contributed by atoms with Gasteiger partial charge in [-0.05, 0) is 48.5 Å². The van der Waals surface area contributed by atoms with Gasteiger partial charge in [-0.1, -0.05) is 12.1 Å². The molecule has 0 bridgehead atoms. The summed E-state index contributed by atoms with van der Waals surface area (Å²) < 4.78 is 67.0. The predicted octanol–water partition coefficient (Wildman–Crippen LogP) is 6.59. The number of fused-ring (bicyclic) bond motifs is 1. The van der Waals surface area contributed by atoms with Crippen LogP contribution in [0.5, 0.6) is 0 Å². The van der Waals surface area contributed by atoms with Gasteiger partial charge in [-0.3, -0.25) is 9.20 Å². The van der Waals surface area contributed by atoms with Gasteiger partial charge in [0.25, 0.3) is 5.91 Å². The van der Waals surface area contributed by atoms with Crippen LogP contribution < -0.4 is 16.0 Å². The molecule has 0 aliphatic heterocycles. The number of nitrogens with one attached hydrogen (secondary N) is 3. The van der Waals surface area contributed by atoms with Crippen LogP contribution in [0.4, 0.5) is 43.9 Å². The van der Waals surface area contributed by atoms with Crippen LogP contribution in [0.2, 0.25) is 0 Å². The molecule has 3 amide bonds. The summed E-state index contributed by atoms with van der Waals surface area (Å²) in [5.41, 5.74) is 0.730. The van der Waals surface area contributed by atoms with E-state index in [1.807, 2.05) is 0 Å². The second-order valence-electron chi connectivity index (χ2n) is 8.43. The lowest BCUT2D eigenvalue weighted by molar-refractivity contribution is -0.137. The van der Waals surface area contributed by atoms with Crippen LogP contribution in [-0.2, 0) is 6.18 Å². The Morgan fingerprint density at radius 2 is 1.62 bits per heavy atom. The Hall–Kier alpha value is -5.33. The van der Waals surface area contributed by atoms with Gasteiger partial charge in [-0.15, -0.1) is 0 Å². The number of hydrogen-bond acceptors (Lipinski definition) is 4. The molecular weight excluding hydrogens is 535 g/mol. The van der Waals surface area contributed by atoms with Crippen LogP contribution in [0.25, 0.3) is 16.9 Å². The Labute approximate surface area is 222 Å². The van der Waals surface area contributed by atoms with Crippen LogP contribution in [0, 0.1) is 11.6 Å². The molecule has 40 heavy (non-hydrogen) atoms. The van der Waals surface area contributed by atoms with Gasteiger partial charge in [0.1, 0.15) is 11.6 Å². The van der Waals surface area contributed by atoms with Gasteiger partial charge >= 0.3 is 12.2 Å². The molecule has 13 heteroatoms. The smallest absolute Gasteiger partial charge is 0.308 e. The SMILES string of the molecule is O=C(Nc1cccc(-c2cnc3c(NC(=O)c4ccc(C(F)(F)F)cc4)nccn23)c1)Nc1ccc(F)cc1F. The molecule has 3 N–H and O–H groups in total. The molecule has 0 fully saturated rings. The first kappa shape index (κ1) is 26.3. The van der Waals surface area contributed by atoms with Gasteiger partial charge in [-0.2, -0.15) is 13.2 Å². The third-order valence-electron chi connectivity index (χ3n) is 5.73. The van der Waals surface area contributed by atoms with Crippen molar-refractivity contribution < 1.29 is 31.5 Å². The highest BCUT2D eigenvalue weighted by Gasteiger charge is 2.30. The number of imidazole rings is 1. The predicted molar refractivity (Wildman–Crippen MR) is 137 cm³/mol. The second kappa shape index (κ2) is 10.4. The first-order valence-electron chi connectivity index (χ1n) is 11.5. The lowest BCUT2D eigenvalue weighted by Crippen LogP contribution is -2.20. The summed E-state index contributed by atoms with van der Waals surface area (Å²) in [7, 11) is 0. The van der Waals surface area contributed by atoms with Crippen molar-refractivity contribution >= 4 is 34.8 Å². The number of halogens is 5. The van der Waals surface area contributed by atoms with E-state index in [9.17, 15) is 31.5 Å². The number of carbonyl (C=O) groups excluding carboxylic acids is 2. The molecule has 0 atom stereocenters. The molecule has 0 aliphatic rings. The van der Waals surface area contributed by atoms with Gasteiger partial charge in [0.15, 0.2) is 11.5 Å². The van der Waals surface area contributed by atoms with E-state index < -0.39 is 35.3 Å². The van der Waals surface area contributed by atoms with Crippen molar-refractivity contribution in [2.45, 2.75) is 6.18 Å². The summed E-state index contributed by atoms with van der Waals surface area (Å²) in [4.78, 5) is 33.5. The van der Waals surface area contributed by atoms with Crippen LogP contribution in [0.1, 0.15) is 15.9 Å². The fraction of sp³-hybridized carbons (Fsp3) is 0.0370. The van der Waals surface area contributed by atoms with Crippen molar-refractivity contribution in [1.82, 2.24) is 14.4 Å². The number of alkyl halides is 3. The number of carbonyl (C=O) groups is 2. The Morgan fingerprint density at radius 3 is 2.35 bits per heavy atom. The van der Waals surface area contributed by atoms with E-state index in [0.717, 1.165) is 36.4 Å². The van der Waals surface area contributed by atoms with Crippen molar-refractivity contribution in [1.29, 1.82) is 0 Å². The molecule has 5 rings (SSSR count). The monoisotopic (exact) mass is 552 g/mol. The summed E-state index contributed by atoms with van der Waals surface area (Å²) in [5, 5.41) is 7.44. The highest BCUT2D eigenvalue weighted by atomic mass is 19.4. The lowest BCUT2D eigenvalue weighted by Gasteiger charge is -2.10. The minimum atomic E-state index is -4.52. The lowest BCUT2D eigenvalue weighted by atomic mass is 10.1. The first-order valence-corrected chi connectivity index (χ1v) is 11.5. The fourth-order valence-electron chi connectivity index (χ4n) is 3.84. The van der Waals surface area contributed by atoms with E-state index in [2.05, 4.69) is 25.9 Å². The third kappa shape index (κ3) is 5.57. The molecule has 0 saturated carbocycles. The van der Waals surface area contributed by atoms with Crippen molar-refractivity contribution in [3.05, 3.63) is 108 Å². The second-order valence-corrected chi connectivity index (χ2v) is 8.43. The van der Waals surface area contributed by atoms with Crippen molar-refractivity contribution in [2.75, 3.05) is 16.0 Å². The first-order chi connectivity index (χ1) is 19.1. The van der Waals surface area contributed by atoms with E-state index in [0.29, 0.717) is 23.0 Å². The maximum atomic E-state index is 13.9. The summed E-state index contributed by atoms with van der Waals surface area (Å²) in [6, 6.07) is 12.4. The molecule has 0 aliphatic carbocycles. The molecular formula is C27H17F5N6O2. The van der Waals surface area contributed by atoms with Crippen molar-refractivity contribution in [3.8, 4) is 11.3 Å². The van der Waals surface area contributed by atoms with Gasteiger partial charge in [-0.25, -0.2) is 23.5 Å². The molecule has 5 aromatic rings. The Kier molecular flexibility index (Phi) is 6.86. The highest BCUT2D eigenvalue weighted by Crippen LogP contribution is 2.30. The number of benzene rings is 3. The van der Waals surface area contributed by atoms with E-state index in [1.54, 1.807) is 34.9 Å². The molecule has 8 nitrogen and oxygen atoms in total. The zero-order chi connectivity index (χ0) is 28.4. The maximum Gasteiger partial charge on any atom is 0.416 e. The summed E-state index contributed by atoms with van der Waals surface area (Å²) in [6.07, 6.45) is -0.00762. The zero-order valence-corrected chi connectivity index (χ0v) is 20.1. The normalized spacial score (nSPS) is 11.3. The molecule has 3 aromatic carbocycles. The van der Waals surface area contributed by atoms with Crippen LogP contribution in [0.15, 0.2) is 85.3 Å². The zero-order valence-electron chi connectivity index (χ0n) is 20.1. The van der Waals surface area contributed by atoms with Crippen molar-refractivity contribution in [3.63, 3.8) is 0 Å². The number of hydrogen-bond donors (Lipinski definition) is 3. The summed E-state index contributed by atoms with van der Waals surface area (Å²) >= 11 is 0. The number of anilines is 3. The molecule has 2 aromatic heterocycles. The topological polar surface area (TPSA) is 100 Å². The van der Waals surface area contributed by atoms with E-state index in [4.69, 9.17) is 0 Å². The number of nitrogens with zero attached hydrogens (tertiary/aromatic N) is 3. The number of urea groups is 1. The molecule has 0 unspecified atom stereocenters. The van der Waals surface area contributed by atoms with Gasteiger partial charge in [0.05, 0.1) is 23.1 Å². The molecule has 2 heterocycles. The molecule has 202 valence electrons. The molecule has 0 radical (unpaired) electrons. The van der Waals surface area contributed by atoms with Crippen molar-refractivity contribution in [2.24, 2.45) is 0 Å². The minimum Gasteiger partial charge on any atom is -0.308 e. The van der Waals surface area contributed by atoms with E-state index >= 15 is 0 Å². The van der Waals surface area contributed by atoms with Crippen LogP contribution >= 0.6 is 0 Å². The standard InChI is InChI=1S/C27H17F5N6O2/c28-18-8-9-21(20(29)13-18)36-26(40)35-19-3-1-2-16(12-19)22-14-34-24-23(33-10-11-38(22)24)37-25(39)15-4-6-17(7-5-15)27(30,31)32/h1-14H,(H,33,37,39)(H2,35,36,40). The average molecular weight is 552 g/mol. The molecule has 0 saturated heterocycles.